The fourth-order valence-corrected chi connectivity index (χ4v) is 1.16. The Morgan fingerprint density at radius 3 is 2.83 bits per heavy atom. The number of urea groups is 1. The lowest BCUT2D eigenvalue weighted by atomic mass is 10.2. The zero-order valence-electron chi connectivity index (χ0n) is 9.52. The van der Waals surface area contributed by atoms with Gasteiger partial charge in [-0.25, -0.2) is 9.18 Å². The van der Waals surface area contributed by atoms with E-state index in [0.29, 0.717) is 5.56 Å². The Labute approximate surface area is 103 Å². The van der Waals surface area contributed by atoms with Gasteiger partial charge < -0.3 is 15.7 Å². The molecular weight excluding hydrogens is 239 g/mol. The monoisotopic (exact) mass is 252 g/mol. The van der Waals surface area contributed by atoms with E-state index in [1.807, 2.05) is 0 Å². The molecule has 0 radical (unpaired) electrons. The van der Waals surface area contributed by atoms with Crippen LogP contribution in [-0.4, -0.2) is 23.7 Å². The Morgan fingerprint density at radius 1 is 1.39 bits per heavy atom. The third-order valence-electron chi connectivity index (χ3n) is 1.96. The second kappa shape index (κ2) is 7.05. The van der Waals surface area contributed by atoms with Crippen LogP contribution in [0, 0.1) is 5.82 Å². The molecular formula is C12H13FN2O3. The van der Waals surface area contributed by atoms with Gasteiger partial charge >= 0.3 is 12.0 Å². The topological polar surface area (TPSA) is 78.4 Å². The standard InChI is InChI=1S/C12H13FN2O3/c13-10-3-1-2-9(8-10)4-6-14-12(18)15-7-5-11(16)17/h1-4,6,8H,5,7H2,(H,16,17)(H2,14,15,18)/b6-4+. The molecule has 0 fully saturated rings. The zero-order chi connectivity index (χ0) is 13.4. The molecule has 3 N–H and O–H groups in total. The van der Waals surface area contributed by atoms with Gasteiger partial charge in [0.25, 0.3) is 0 Å². The number of benzene rings is 1. The van der Waals surface area contributed by atoms with Crippen molar-refractivity contribution in [2.45, 2.75) is 6.42 Å². The number of halogens is 1. The van der Waals surface area contributed by atoms with E-state index < -0.39 is 12.0 Å². The summed E-state index contributed by atoms with van der Waals surface area (Å²) in [6.07, 6.45) is 2.74. The first-order chi connectivity index (χ1) is 8.58. The molecule has 0 aromatic heterocycles. The van der Waals surface area contributed by atoms with Gasteiger partial charge in [0.15, 0.2) is 0 Å². The van der Waals surface area contributed by atoms with Gasteiger partial charge in [0, 0.05) is 12.7 Å². The number of aliphatic carboxylic acids is 1. The van der Waals surface area contributed by atoms with Crippen LogP contribution in [0.5, 0.6) is 0 Å². The second-order valence-corrected chi connectivity index (χ2v) is 3.43. The lowest BCUT2D eigenvalue weighted by Crippen LogP contribution is -2.33. The van der Waals surface area contributed by atoms with E-state index in [1.54, 1.807) is 12.1 Å². The minimum absolute atomic E-state index is 0.0506. The first-order valence-corrected chi connectivity index (χ1v) is 5.26. The summed E-state index contributed by atoms with van der Waals surface area (Å²) in [5.41, 5.74) is 0.612. The highest BCUT2D eigenvalue weighted by Crippen LogP contribution is 2.04. The summed E-state index contributed by atoms with van der Waals surface area (Å²) < 4.78 is 12.8. The highest BCUT2D eigenvalue weighted by atomic mass is 19.1. The van der Waals surface area contributed by atoms with Crippen molar-refractivity contribution in [3.05, 3.63) is 41.8 Å². The van der Waals surface area contributed by atoms with Gasteiger partial charge in [0.05, 0.1) is 6.42 Å². The zero-order valence-corrected chi connectivity index (χ0v) is 9.52. The number of nitrogens with one attached hydrogen (secondary N) is 2. The number of rotatable bonds is 5. The molecule has 2 amide bonds. The van der Waals surface area contributed by atoms with Crippen molar-refractivity contribution in [1.29, 1.82) is 0 Å². The molecule has 0 spiro atoms. The molecule has 0 unspecified atom stereocenters. The van der Waals surface area contributed by atoms with Gasteiger partial charge in [-0.1, -0.05) is 12.1 Å². The highest BCUT2D eigenvalue weighted by Gasteiger charge is 1.99. The van der Waals surface area contributed by atoms with Crippen molar-refractivity contribution in [3.8, 4) is 0 Å². The first kappa shape index (κ1) is 13.7. The summed E-state index contributed by atoms with van der Waals surface area (Å²) in [5, 5.41) is 13.1. The van der Waals surface area contributed by atoms with Crippen molar-refractivity contribution >= 4 is 18.1 Å². The molecule has 18 heavy (non-hydrogen) atoms. The van der Waals surface area contributed by atoms with Crippen molar-refractivity contribution < 1.29 is 19.1 Å². The number of amides is 2. The Kier molecular flexibility index (Phi) is 5.37. The summed E-state index contributed by atoms with van der Waals surface area (Å²) in [7, 11) is 0. The summed E-state index contributed by atoms with van der Waals surface area (Å²) in [6, 6.07) is 5.37. The first-order valence-electron chi connectivity index (χ1n) is 5.26. The largest absolute Gasteiger partial charge is 0.481 e. The van der Waals surface area contributed by atoms with Crippen LogP contribution in [0.3, 0.4) is 0 Å². The minimum atomic E-state index is -0.981. The second-order valence-electron chi connectivity index (χ2n) is 3.43. The maximum absolute atomic E-state index is 12.8. The van der Waals surface area contributed by atoms with Crippen molar-refractivity contribution in [3.63, 3.8) is 0 Å². The molecule has 1 aromatic carbocycles. The van der Waals surface area contributed by atoms with Crippen LogP contribution in [0.4, 0.5) is 9.18 Å². The molecule has 0 aliphatic carbocycles. The number of carboxylic acids is 1. The molecule has 0 bridgehead atoms. The lowest BCUT2D eigenvalue weighted by molar-refractivity contribution is -0.136. The van der Waals surface area contributed by atoms with Gasteiger partial charge in [-0.2, -0.15) is 0 Å². The van der Waals surface area contributed by atoms with Crippen molar-refractivity contribution in [2.24, 2.45) is 0 Å². The van der Waals surface area contributed by atoms with Gasteiger partial charge in [0.2, 0.25) is 0 Å². The van der Waals surface area contributed by atoms with E-state index in [2.05, 4.69) is 10.6 Å². The average Bonchev–Trinajstić information content (AvgIpc) is 2.28. The minimum Gasteiger partial charge on any atom is -0.481 e. The number of carbonyl (C=O) groups excluding carboxylic acids is 1. The predicted molar refractivity (Wildman–Crippen MR) is 64.2 cm³/mol. The summed E-state index contributed by atoms with van der Waals surface area (Å²) >= 11 is 0. The van der Waals surface area contributed by atoms with E-state index in [1.165, 1.54) is 24.4 Å². The molecule has 6 heteroatoms. The van der Waals surface area contributed by atoms with E-state index in [9.17, 15) is 14.0 Å². The van der Waals surface area contributed by atoms with Gasteiger partial charge in [-0.15, -0.1) is 0 Å². The summed E-state index contributed by atoms with van der Waals surface area (Å²) in [6.45, 7) is 0.0506. The summed E-state index contributed by atoms with van der Waals surface area (Å²) in [5.74, 6) is -1.34. The lowest BCUT2D eigenvalue weighted by Gasteiger charge is -2.01. The molecule has 1 aromatic rings. The van der Waals surface area contributed by atoms with E-state index in [4.69, 9.17) is 5.11 Å². The Morgan fingerprint density at radius 2 is 2.17 bits per heavy atom. The molecule has 5 nitrogen and oxygen atoms in total. The van der Waals surface area contributed by atoms with E-state index in [0.717, 1.165) is 0 Å². The molecule has 0 heterocycles. The van der Waals surface area contributed by atoms with Crippen molar-refractivity contribution in [1.82, 2.24) is 10.6 Å². The fraction of sp³-hybridized carbons (Fsp3) is 0.167. The third kappa shape index (κ3) is 5.64. The van der Waals surface area contributed by atoms with Crippen LogP contribution in [0.15, 0.2) is 30.5 Å². The molecule has 0 aliphatic rings. The van der Waals surface area contributed by atoms with Crippen LogP contribution >= 0.6 is 0 Å². The molecule has 1 rings (SSSR count). The smallest absolute Gasteiger partial charge is 0.318 e. The molecule has 96 valence electrons. The van der Waals surface area contributed by atoms with Crippen LogP contribution in [0.2, 0.25) is 0 Å². The normalized spacial score (nSPS) is 10.3. The van der Waals surface area contributed by atoms with Crippen LogP contribution in [-0.2, 0) is 4.79 Å². The number of carbonyl (C=O) groups is 2. The maximum atomic E-state index is 12.8. The number of hydrogen-bond donors (Lipinski definition) is 3. The Bertz CT molecular complexity index is 460. The quantitative estimate of drug-likeness (QED) is 0.744. The van der Waals surface area contributed by atoms with E-state index in [-0.39, 0.29) is 18.8 Å². The number of carboxylic acid groups (broad SMARTS) is 1. The average molecular weight is 252 g/mol. The van der Waals surface area contributed by atoms with Gasteiger partial charge in [-0.05, 0) is 23.8 Å². The fourth-order valence-electron chi connectivity index (χ4n) is 1.16. The summed E-state index contributed by atoms with van der Waals surface area (Å²) in [4.78, 5) is 21.3. The van der Waals surface area contributed by atoms with E-state index >= 15 is 0 Å². The molecule has 0 saturated heterocycles. The number of hydrogen-bond acceptors (Lipinski definition) is 2. The Balaban J connectivity index is 2.31. The molecule has 0 saturated carbocycles. The van der Waals surface area contributed by atoms with Gasteiger partial charge in [-0.3, -0.25) is 4.79 Å². The van der Waals surface area contributed by atoms with Crippen molar-refractivity contribution in [2.75, 3.05) is 6.54 Å². The maximum Gasteiger partial charge on any atom is 0.318 e. The predicted octanol–water partition coefficient (Wildman–Crippen LogP) is 1.57. The SMILES string of the molecule is O=C(O)CCNC(=O)N/C=C/c1cccc(F)c1. The van der Waals surface area contributed by atoms with Gasteiger partial charge in [0.1, 0.15) is 5.82 Å². The Hall–Kier alpha value is -2.37. The van der Waals surface area contributed by atoms with Crippen LogP contribution in [0.25, 0.3) is 6.08 Å². The van der Waals surface area contributed by atoms with Crippen LogP contribution in [0.1, 0.15) is 12.0 Å². The third-order valence-corrected chi connectivity index (χ3v) is 1.96. The van der Waals surface area contributed by atoms with Crippen LogP contribution < -0.4 is 10.6 Å². The highest BCUT2D eigenvalue weighted by molar-refractivity contribution is 5.76. The molecule has 0 aliphatic heterocycles. The molecule has 0 atom stereocenters.